The number of aliphatic hydroxyl groups excluding tert-OH is 1. The van der Waals surface area contributed by atoms with E-state index >= 15 is 0 Å². The van der Waals surface area contributed by atoms with Crippen molar-refractivity contribution in [2.24, 2.45) is 0 Å². The summed E-state index contributed by atoms with van der Waals surface area (Å²) < 4.78 is 0.792. The van der Waals surface area contributed by atoms with Crippen molar-refractivity contribution < 1.29 is 5.11 Å². The molecule has 0 aliphatic rings. The van der Waals surface area contributed by atoms with Gasteiger partial charge >= 0.3 is 0 Å². The molecule has 96 valence electrons. The maximum absolute atomic E-state index is 9.04. The van der Waals surface area contributed by atoms with Gasteiger partial charge in [-0.25, -0.2) is 0 Å². The molecule has 0 atom stereocenters. The van der Waals surface area contributed by atoms with Crippen molar-refractivity contribution in [2.75, 3.05) is 11.9 Å². The highest BCUT2D eigenvalue weighted by molar-refractivity contribution is 7.16. The van der Waals surface area contributed by atoms with E-state index in [0.29, 0.717) is 5.02 Å². The summed E-state index contributed by atoms with van der Waals surface area (Å²) in [5.41, 5.74) is 1.76. The average molecular weight is 302 g/mol. The van der Waals surface area contributed by atoms with Crippen LogP contribution in [0.15, 0.2) is 30.3 Å². The summed E-state index contributed by atoms with van der Waals surface area (Å²) in [6, 6.07) is 9.49. The second-order valence-corrected chi connectivity index (χ2v) is 6.21. The summed E-state index contributed by atoms with van der Waals surface area (Å²) in [6.07, 6.45) is 0. The Morgan fingerprint density at radius 1 is 1.22 bits per heavy atom. The maximum Gasteiger partial charge on any atom is 0.0931 e. The first-order chi connectivity index (χ1) is 8.60. The smallest absolute Gasteiger partial charge is 0.0931 e. The van der Waals surface area contributed by atoms with Gasteiger partial charge in [0.05, 0.1) is 28.2 Å². The van der Waals surface area contributed by atoms with Gasteiger partial charge in [-0.1, -0.05) is 29.3 Å². The van der Waals surface area contributed by atoms with E-state index in [4.69, 9.17) is 28.3 Å². The molecule has 0 aliphatic heterocycles. The third-order valence-electron chi connectivity index (χ3n) is 2.63. The summed E-state index contributed by atoms with van der Waals surface area (Å²) in [5.74, 6) is 0. The molecule has 0 spiro atoms. The van der Waals surface area contributed by atoms with Crippen molar-refractivity contribution in [2.45, 2.75) is 13.2 Å². The van der Waals surface area contributed by atoms with Crippen LogP contribution < -0.4 is 4.90 Å². The summed E-state index contributed by atoms with van der Waals surface area (Å²) >= 11 is 13.7. The molecule has 2 rings (SSSR count). The second-order valence-electron chi connectivity index (χ2n) is 4.01. The van der Waals surface area contributed by atoms with Crippen LogP contribution in [0.3, 0.4) is 0 Å². The van der Waals surface area contributed by atoms with E-state index in [0.717, 1.165) is 22.1 Å². The molecule has 1 aromatic heterocycles. The lowest BCUT2D eigenvalue weighted by Crippen LogP contribution is -2.16. The van der Waals surface area contributed by atoms with E-state index in [-0.39, 0.29) is 6.61 Å². The predicted octanol–water partition coefficient (Wildman–Crippen LogP) is 4.18. The molecule has 1 N–H and O–H groups in total. The Hall–Kier alpha value is -0.740. The van der Waals surface area contributed by atoms with Gasteiger partial charge in [-0.05, 0) is 29.8 Å². The van der Waals surface area contributed by atoms with Crippen LogP contribution in [0.5, 0.6) is 0 Å². The number of rotatable bonds is 4. The summed E-state index contributed by atoms with van der Waals surface area (Å²) in [7, 11) is 1.98. The van der Waals surface area contributed by atoms with Crippen LogP contribution in [0, 0.1) is 0 Å². The fraction of sp³-hybridized carbons (Fsp3) is 0.231. The van der Waals surface area contributed by atoms with Crippen molar-refractivity contribution in [3.8, 4) is 0 Å². The van der Waals surface area contributed by atoms with Gasteiger partial charge in [0.15, 0.2) is 0 Å². The van der Waals surface area contributed by atoms with Crippen LogP contribution in [-0.4, -0.2) is 12.2 Å². The standard InChI is InChI=1S/C13H13Cl2NOS/c1-16(7-10-3-5-13(15)18-10)12-4-2-9(8-17)6-11(12)14/h2-6,17H,7-8H2,1H3. The van der Waals surface area contributed by atoms with Gasteiger partial charge in [0.25, 0.3) is 0 Å². The number of hydrogen-bond acceptors (Lipinski definition) is 3. The van der Waals surface area contributed by atoms with E-state index in [1.165, 1.54) is 4.88 Å². The zero-order valence-electron chi connectivity index (χ0n) is 9.86. The fourth-order valence-corrected chi connectivity index (χ4v) is 3.20. The van der Waals surface area contributed by atoms with Crippen LogP contribution in [-0.2, 0) is 13.2 Å². The fourth-order valence-electron chi connectivity index (χ4n) is 1.71. The van der Waals surface area contributed by atoms with E-state index in [1.54, 1.807) is 17.4 Å². The molecule has 0 saturated heterocycles. The highest BCUT2D eigenvalue weighted by atomic mass is 35.5. The molecule has 0 amide bonds. The van der Waals surface area contributed by atoms with Gasteiger partial charge in [0.1, 0.15) is 0 Å². The molecule has 0 bridgehead atoms. The molecule has 2 nitrogen and oxygen atoms in total. The molecular weight excluding hydrogens is 289 g/mol. The van der Waals surface area contributed by atoms with Gasteiger partial charge in [-0.2, -0.15) is 0 Å². The van der Waals surface area contributed by atoms with E-state index in [9.17, 15) is 0 Å². The molecule has 1 heterocycles. The lowest BCUT2D eigenvalue weighted by molar-refractivity contribution is 0.282. The Labute approximate surface area is 120 Å². The lowest BCUT2D eigenvalue weighted by atomic mass is 10.2. The molecule has 5 heteroatoms. The van der Waals surface area contributed by atoms with Gasteiger partial charge in [0.2, 0.25) is 0 Å². The number of hydrogen-bond donors (Lipinski definition) is 1. The van der Waals surface area contributed by atoms with E-state index in [2.05, 4.69) is 4.90 Å². The molecule has 0 fully saturated rings. The third-order valence-corrected chi connectivity index (χ3v) is 4.15. The van der Waals surface area contributed by atoms with Crippen molar-refractivity contribution in [3.05, 3.63) is 50.1 Å². The molecule has 18 heavy (non-hydrogen) atoms. The first-order valence-electron chi connectivity index (χ1n) is 5.45. The van der Waals surface area contributed by atoms with Crippen molar-refractivity contribution >= 4 is 40.2 Å². The number of halogens is 2. The average Bonchev–Trinajstić information content (AvgIpc) is 2.74. The lowest BCUT2D eigenvalue weighted by Gasteiger charge is -2.20. The van der Waals surface area contributed by atoms with Crippen molar-refractivity contribution in [1.82, 2.24) is 0 Å². The zero-order valence-corrected chi connectivity index (χ0v) is 12.2. The van der Waals surface area contributed by atoms with Crippen LogP contribution in [0.2, 0.25) is 9.36 Å². The predicted molar refractivity (Wildman–Crippen MR) is 78.8 cm³/mol. The molecule has 0 aliphatic carbocycles. The minimum Gasteiger partial charge on any atom is -0.392 e. The van der Waals surface area contributed by atoms with Gasteiger partial charge < -0.3 is 10.0 Å². The molecular formula is C13H13Cl2NOS. The number of anilines is 1. The van der Waals surface area contributed by atoms with E-state index in [1.807, 2.05) is 31.3 Å². The Morgan fingerprint density at radius 3 is 2.56 bits per heavy atom. The van der Waals surface area contributed by atoms with Crippen LogP contribution in [0.4, 0.5) is 5.69 Å². The molecule has 0 radical (unpaired) electrons. The summed E-state index contributed by atoms with van der Waals surface area (Å²) in [4.78, 5) is 3.25. The SMILES string of the molecule is CN(Cc1ccc(Cl)s1)c1ccc(CO)cc1Cl. The van der Waals surface area contributed by atoms with Gasteiger partial charge in [0, 0.05) is 11.9 Å². The normalized spacial score (nSPS) is 10.7. The quantitative estimate of drug-likeness (QED) is 0.915. The van der Waals surface area contributed by atoms with Crippen LogP contribution in [0.1, 0.15) is 10.4 Å². The minimum atomic E-state index is 0.00421. The Kier molecular flexibility index (Phi) is 4.51. The second kappa shape index (κ2) is 5.93. The monoisotopic (exact) mass is 301 g/mol. The molecule has 0 unspecified atom stereocenters. The zero-order chi connectivity index (χ0) is 13.1. The topological polar surface area (TPSA) is 23.5 Å². The van der Waals surface area contributed by atoms with Crippen LogP contribution in [0.25, 0.3) is 0 Å². The maximum atomic E-state index is 9.04. The third kappa shape index (κ3) is 3.18. The molecule has 1 aromatic carbocycles. The van der Waals surface area contributed by atoms with Crippen molar-refractivity contribution in [1.29, 1.82) is 0 Å². The summed E-state index contributed by atoms with van der Waals surface area (Å²) in [6.45, 7) is 0.764. The first-order valence-corrected chi connectivity index (χ1v) is 7.02. The van der Waals surface area contributed by atoms with Gasteiger partial charge in [-0.15, -0.1) is 11.3 Å². The molecule has 2 aromatic rings. The highest BCUT2D eigenvalue weighted by Gasteiger charge is 2.08. The molecule has 0 saturated carbocycles. The Bertz CT molecular complexity index is 542. The Morgan fingerprint density at radius 2 is 2.00 bits per heavy atom. The number of aliphatic hydroxyl groups is 1. The highest BCUT2D eigenvalue weighted by Crippen LogP contribution is 2.29. The van der Waals surface area contributed by atoms with Crippen molar-refractivity contribution in [3.63, 3.8) is 0 Å². The first kappa shape index (κ1) is 13.7. The van der Waals surface area contributed by atoms with Gasteiger partial charge in [-0.3, -0.25) is 0 Å². The number of benzene rings is 1. The number of nitrogens with zero attached hydrogens (tertiary/aromatic N) is 1. The van der Waals surface area contributed by atoms with Crippen LogP contribution >= 0.6 is 34.5 Å². The summed E-state index contributed by atoms with van der Waals surface area (Å²) in [5, 5.41) is 9.69. The largest absolute Gasteiger partial charge is 0.392 e. The van der Waals surface area contributed by atoms with E-state index < -0.39 is 0 Å². The number of thiophene rings is 1. The minimum absolute atomic E-state index is 0.00421. The Balaban J connectivity index is 2.15.